The van der Waals surface area contributed by atoms with E-state index in [1.165, 1.54) is 7.11 Å². The SMILES string of the molecule is COC(=O)CC1=CC=CC(N2CC(F)(F)C2)=I1. The number of methoxy groups -OCH3 is 1. The normalized spacial score (nSPS) is 23.0. The molecule has 0 atom stereocenters. The number of hydrogen-bond donors (Lipinski definition) is 0. The van der Waals surface area contributed by atoms with E-state index in [-0.39, 0.29) is 25.5 Å². The van der Waals surface area contributed by atoms with Crippen molar-refractivity contribution in [3.8, 4) is 0 Å². The molecule has 0 aromatic rings. The van der Waals surface area contributed by atoms with Gasteiger partial charge >= 0.3 is 5.97 Å². The molecule has 0 amide bonds. The molecule has 3 nitrogen and oxygen atoms in total. The number of carbonyl (C=O) groups is 1. The standard InChI is InChI=1S/C11H12F2INO2/c1-17-10(16)5-8-3-2-4-9(14-8)15-6-11(12,13)7-15/h2-4H,5-7H2,1H3. The second-order valence-electron chi connectivity index (χ2n) is 3.85. The number of allylic oxidation sites excluding steroid dienone is 2. The Hall–Kier alpha value is -0.630. The molecule has 0 saturated carbocycles. The van der Waals surface area contributed by atoms with Crippen molar-refractivity contribution in [1.82, 2.24) is 4.90 Å². The Labute approximate surface area is 108 Å². The molecule has 2 aliphatic rings. The lowest BCUT2D eigenvalue weighted by Crippen LogP contribution is -2.57. The van der Waals surface area contributed by atoms with Gasteiger partial charge in [-0.15, -0.1) is 0 Å². The van der Waals surface area contributed by atoms with E-state index in [2.05, 4.69) is 4.74 Å². The largest absolute Gasteiger partial charge is 0.469 e. The van der Waals surface area contributed by atoms with Gasteiger partial charge in [0.25, 0.3) is 5.92 Å². The van der Waals surface area contributed by atoms with Crippen LogP contribution in [0.25, 0.3) is 0 Å². The molecule has 17 heavy (non-hydrogen) atoms. The maximum atomic E-state index is 12.7. The first-order valence-corrected chi connectivity index (χ1v) is 7.24. The topological polar surface area (TPSA) is 29.5 Å². The Morgan fingerprint density at radius 1 is 1.59 bits per heavy atom. The molecule has 0 unspecified atom stereocenters. The van der Waals surface area contributed by atoms with E-state index in [0.29, 0.717) is 0 Å². The number of alkyl halides is 2. The van der Waals surface area contributed by atoms with Crippen LogP contribution < -0.4 is 0 Å². The summed E-state index contributed by atoms with van der Waals surface area (Å²) in [6.45, 7) is -0.393. The summed E-state index contributed by atoms with van der Waals surface area (Å²) in [5, 5.41) is 0. The molecule has 2 aliphatic heterocycles. The molecule has 0 N–H and O–H groups in total. The molecular formula is C11H12F2INO2. The minimum absolute atomic E-state index is 0.197. The second-order valence-corrected chi connectivity index (χ2v) is 6.89. The number of ether oxygens (including phenoxy) is 1. The summed E-state index contributed by atoms with van der Waals surface area (Å²) in [6.07, 6.45) is 5.82. The maximum Gasteiger partial charge on any atom is 0.310 e. The van der Waals surface area contributed by atoms with E-state index in [9.17, 15) is 13.6 Å². The third-order valence-corrected chi connectivity index (χ3v) is 5.44. The van der Waals surface area contributed by atoms with E-state index in [0.717, 1.165) is 7.21 Å². The number of esters is 1. The maximum absolute atomic E-state index is 12.7. The lowest BCUT2D eigenvalue weighted by atomic mass is 10.1. The highest BCUT2D eigenvalue weighted by atomic mass is 127. The summed E-state index contributed by atoms with van der Waals surface area (Å²) < 4.78 is 32.0. The Morgan fingerprint density at radius 2 is 2.29 bits per heavy atom. The summed E-state index contributed by atoms with van der Waals surface area (Å²) in [7, 11) is 1.35. The summed E-state index contributed by atoms with van der Waals surface area (Å²) in [5.41, 5.74) is 0. The Bertz CT molecular complexity index is 421. The van der Waals surface area contributed by atoms with Crippen molar-refractivity contribution in [3.05, 3.63) is 21.8 Å². The van der Waals surface area contributed by atoms with Crippen LogP contribution in [-0.2, 0) is 9.53 Å². The van der Waals surface area contributed by atoms with Crippen molar-refractivity contribution in [2.75, 3.05) is 20.2 Å². The van der Waals surface area contributed by atoms with Gasteiger partial charge in [-0.3, -0.25) is 9.69 Å². The van der Waals surface area contributed by atoms with Gasteiger partial charge in [0.1, 0.15) is 0 Å². The molecule has 0 aromatic heterocycles. The molecule has 2 heterocycles. The smallest absolute Gasteiger partial charge is 0.310 e. The van der Waals surface area contributed by atoms with Gasteiger partial charge in [-0.1, -0.05) is 32.9 Å². The lowest BCUT2D eigenvalue weighted by Gasteiger charge is -2.39. The van der Waals surface area contributed by atoms with E-state index in [1.807, 2.05) is 18.2 Å². The van der Waals surface area contributed by atoms with Crippen LogP contribution in [0.4, 0.5) is 8.78 Å². The zero-order valence-corrected chi connectivity index (χ0v) is 11.4. The van der Waals surface area contributed by atoms with Crippen molar-refractivity contribution in [3.63, 3.8) is 0 Å². The van der Waals surface area contributed by atoms with Gasteiger partial charge in [0.15, 0.2) is 0 Å². The van der Waals surface area contributed by atoms with Gasteiger partial charge in [0.2, 0.25) is 0 Å². The molecule has 0 aromatic carbocycles. The van der Waals surface area contributed by atoms with Crippen LogP contribution in [0.1, 0.15) is 6.42 Å². The number of rotatable bonds is 3. The molecule has 1 fully saturated rings. The zero-order valence-electron chi connectivity index (χ0n) is 9.25. The fourth-order valence-electron chi connectivity index (χ4n) is 1.55. The van der Waals surface area contributed by atoms with Gasteiger partial charge in [-0.25, -0.2) is 8.78 Å². The van der Waals surface area contributed by atoms with Crippen molar-refractivity contribution in [2.45, 2.75) is 12.3 Å². The first-order chi connectivity index (χ1) is 8.00. The number of hydrogen-bond acceptors (Lipinski definition) is 3. The highest BCUT2D eigenvalue weighted by Gasteiger charge is 2.45. The van der Waals surface area contributed by atoms with Gasteiger partial charge in [-0.05, 0) is 9.66 Å². The van der Waals surface area contributed by atoms with Gasteiger partial charge < -0.3 is 4.74 Å². The van der Waals surface area contributed by atoms with E-state index in [1.54, 1.807) is 4.90 Å². The second kappa shape index (κ2) is 4.93. The summed E-state index contributed by atoms with van der Waals surface area (Å²) >= 11 is -0.512. The van der Waals surface area contributed by atoms with Crippen LogP contribution in [0.15, 0.2) is 21.8 Å². The Morgan fingerprint density at radius 3 is 2.88 bits per heavy atom. The highest BCUT2D eigenvalue weighted by Crippen LogP contribution is 2.32. The quantitative estimate of drug-likeness (QED) is 0.574. The average molecular weight is 355 g/mol. The molecule has 0 radical (unpaired) electrons. The Kier molecular flexibility index (Phi) is 3.72. The van der Waals surface area contributed by atoms with Crippen LogP contribution in [0.2, 0.25) is 0 Å². The number of halogens is 3. The van der Waals surface area contributed by atoms with E-state index < -0.39 is 26.7 Å². The van der Waals surface area contributed by atoms with Crippen LogP contribution >= 0.6 is 20.7 Å². The van der Waals surface area contributed by atoms with Crippen molar-refractivity contribution in [1.29, 1.82) is 0 Å². The summed E-state index contributed by atoms with van der Waals surface area (Å²) in [6, 6.07) is 0. The minimum atomic E-state index is -2.55. The number of nitrogens with zero attached hydrogens (tertiary/aromatic N) is 1. The van der Waals surface area contributed by atoms with Gasteiger partial charge in [-0.2, -0.15) is 0 Å². The third kappa shape index (κ3) is 3.19. The molecule has 0 aliphatic carbocycles. The monoisotopic (exact) mass is 355 g/mol. The van der Waals surface area contributed by atoms with Crippen LogP contribution in [-0.4, -0.2) is 40.6 Å². The molecule has 1 saturated heterocycles. The molecule has 0 bridgehead atoms. The van der Waals surface area contributed by atoms with E-state index >= 15 is 0 Å². The van der Waals surface area contributed by atoms with Crippen molar-refractivity contribution >= 4 is 30.3 Å². The van der Waals surface area contributed by atoms with Gasteiger partial charge in [0.05, 0.1) is 30.3 Å². The Balaban J connectivity index is 1.99. The zero-order chi connectivity index (χ0) is 12.5. The molecule has 6 heteroatoms. The predicted molar refractivity (Wildman–Crippen MR) is 69.4 cm³/mol. The lowest BCUT2D eigenvalue weighted by molar-refractivity contribution is -0.139. The van der Waals surface area contributed by atoms with Crippen LogP contribution in [0, 0.1) is 0 Å². The van der Waals surface area contributed by atoms with Crippen LogP contribution in [0.3, 0.4) is 0 Å². The summed E-state index contributed by atoms with van der Waals surface area (Å²) in [4.78, 5) is 12.8. The van der Waals surface area contributed by atoms with E-state index in [4.69, 9.17) is 0 Å². The molecule has 2 rings (SSSR count). The molecular weight excluding hydrogens is 343 g/mol. The van der Waals surface area contributed by atoms with Crippen molar-refractivity contribution < 1.29 is 18.3 Å². The average Bonchev–Trinajstić information content (AvgIpc) is 2.26. The highest BCUT2D eigenvalue weighted by molar-refractivity contribution is 14.2. The predicted octanol–water partition coefficient (Wildman–Crippen LogP) is 2.05. The van der Waals surface area contributed by atoms with Crippen molar-refractivity contribution in [2.24, 2.45) is 0 Å². The molecule has 0 spiro atoms. The minimum Gasteiger partial charge on any atom is -0.469 e. The first-order valence-electron chi connectivity index (χ1n) is 5.09. The third-order valence-electron chi connectivity index (χ3n) is 2.42. The summed E-state index contributed by atoms with van der Waals surface area (Å²) in [5.74, 6) is -2.83. The van der Waals surface area contributed by atoms with Gasteiger partial charge in [0, 0.05) is 0 Å². The molecule has 94 valence electrons. The first kappa shape index (κ1) is 12.8. The fraction of sp³-hybridized carbons (Fsp3) is 0.455. The number of carbonyl (C=O) groups excluding carboxylic acids is 1. The fourth-order valence-corrected chi connectivity index (χ4v) is 4.22. The number of likely N-dealkylation sites (tertiary alicyclic amines) is 1. The van der Waals surface area contributed by atoms with Crippen LogP contribution in [0.5, 0.6) is 0 Å².